The minimum atomic E-state index is 0.832. The van der Waals surface area contributed by atoms with Crippen molar-refractivity contribution in [3.8, 4) is 0 Å². The zero-order valence-electron chi connectivity index (χ0n) is 11.6. The Bertz CT molecular complexity index is 344. The second-order valence-electron chi connectivity index (χ2n) is 4.80. The number of hydrogen-bond donors (Lipinski definition) is 1. The zero-order valence-corrected chi connectivity index (χ0v) is 13.2. The number of anilines is 1. The SMILES string of the molecule is CCCCN(CCCC)Cc1cccc(N)c1Br. The summed E-state index contributed by atoms with van der Waals surface area (Å²) >= 11 is 3.59. The van der Waals surface area contributed by atoms with Crippen LogP contribution in [0.4, 0.5) is 5.69 Å². The van der Waals surface area contributed by atoms with Gasteiger partial charge in [-0.2, -0.15) is 0 Å². The number of nitrogens with zero attached hydrogens (tertiary/aromatic N) is 1. The molecule has 0 spiro atoms. The van der Waals surface area contributed by atoms with E-state index >= 15 is 0 Å². The predicted octanol–water partition coefficient (Wildman–Crippen LogP) is 4.43. The van der Waals surface area contributed by atoms with Gasteiger partial charge in [0.1, 0.15) is 0 Å². The molecule has 0 aromatic heterocycles. The van der Waals surface area contributed by atoms with E-state index < -0.39 is 0 Å². The van der Waals surface area contributed by atoms with Gasteiger partial charge >= 0.3 is 0 Å². The molecular weight excluding hydrogens is 288 g/mol. The topological polar surface area (TPSA) is 29.3 Å². The molecule has 2 nitrogen and oxygen atoms in total. The number of halogens is 1. The highest BCUT2D eigenvalue weighted by Crippen LogP contribution is 2.25. The first-order valence-electron chi connectivity index (χ1n) is 6.94. The van der Waals surface area contributed by atoms with E-state index in [0.29, 0.717) is 0 Å². The van der Waals surface area contributed by atoms with Crippen LogP contribution in [0, 0.1) is 0 Å². The highest BCUT2D eigenvalue weighted by atomic mass is 79.9. The van der Waals surface area contributed by atoms with Crippen LogP contribution in [0.1, 0.15) is 45.1 Å². The molecular formula is C15H25BrN2. The average molecular weight is 313 g/mol. The third-order valence-electron chi connectivity index (χ3n) is 3.16. The fourth-order valence-corrected chi connectivity index (χ4v) is 2.39. The standard InChI is InChI=1S/C15H25BrN2/c1-3-5-10-18(11-6-4-2)12-13-8-7-9-14(17)15(13)16/h7-9H,3-6,10-12,17H2,1-2H3. The van der Waals surface area contributed by atoms with Crippen molar-refractivity contribution in [1.29, 1.82) is 0 Å². The minimum absolute atomic E-state index is 0.832. The summed E-state index contributed by atoms with van der Waals surface area (Å²) in [5.41, 5.74) is 8.06. The van der Waals surface area contributed by atoms with Gasteiger partial charge in [0.15, 0.2) is 0 Å². The minimum Gasteiger partial charge on any atom is -0.398 e. The van der Waals surface area contributed by atoms with E-state index in [-0.39, 0.29) is 0 Å². The van der Waals surface area contributed by atoms with E-state index in [9.17, 15) is 0 Å². The Morgan fingerprint density at radius 2 is 1.72 bits per heavy atom. The second kappa shape index (κ2) is 8.54. The normalized spacial score (nSPS) is 11.1. The molecule has 0 radical (unpaired) electrons. The summed E-state index contributed by atoms with van der Waals surface area (Å²) in [5, 5.41) is 0. The van der Waals surface area contributed by atoms with Gasteiger partial charge in [0, 0.05) is 16.7 Å². The molecule has 1 aromatic rings. The molecule has 1 aromatic carbocycles. The van der Waals surface area contributed by atoms with Crippen molar-refractivity contribution in [3.63, 3.8) is 0 Å². The zero-order chi connectivity index (χ0) is 13.4. The second-order valence-corrected chi connectivity index (χ2v) is 5.60. The van der Waals surface area contributed by atoms with Gasteiger partial charge in [-0.1, -0.05) is 38.8 Å². The van der Waals surface area contributed by atoms with Gasteiger partial charge in [0.2, 0.25) is 0 Å². The van der Waals surface area contributed by atoms with Crippen LogP contribution in [0.2, 0.25) is 0 Å². The van der Waals surface area contributed by atoms with Gasteiger partial charge in [-0.25, -0.2) is 0 Å². The van der Waals surface area contributed by atoms with Crippen molar-refractivity contribution in [2.45, 2.75) is 46.1 Å². The van der Waals surface area contributed by atoms with Crippen molar-refractivity contribution in [2.24, 2.45) is 0 Å². The lowest BCUT2D eigenvalue weighted by Gasteiger charge is -2.23. The quantitative estimate of drug-likeness (QED) is 0.719. The maximum absolute atomic E-state index is 5.93. The van der Waals surface area contributed by atoms with Crippen molar-refractivity contribution in [2.75, 3.05) is 18.8 Å². The highest BCUT2D eigenvalue weighted by Gasteiger charge is 2.09. The van der Waals surface area contributed by atoms with Crippen LogP contribution in [0.25, 0.3) is 0 Å². The molecule has 0 saturated carbocycles. The largest absolute Gasteiger partial charge is 0.398 e. The number of unbranched alkanes of at least 4 members (excludes halogenated alkanes) is 2. The first-order valence-corrected chi connectivity index (χ1v) is 7.73. The monoisotopic (exact) mass is 312 g/mol. The molecule has 0 heterocycles. The molecule has 0 fully saturated rings. The molecule has 2 N–H and O–H groups in total. The Labute approximate surface area is 120 Å². The number of nitrogens with two attached hydrogens (primary N) is 1. The average Bonchev–Trinajstić information content (AvgIpc) is 2.38. The van der Waals surface area contributed by atoms with Crippen LogP contribution in [-0.4, -0.2) is 18.0 Å². The molecule has 18 heavy (non-hydrogen) atoms. The summed E-state index contributed by atoms with van der Waals surface area (Å²) in [6.07, 6.45) is 5.04. The summed E-state index contributed by atoms with van der Waals surface area (Å²) in [6, 6.07) is 6.13. The van der Waals surface area contributed by atoms with Crippen LogP contribution >= 0.6 is 15.9 Å². The molecule has 0 atom stereocenters. The van der Waals surface area contributed by atoms with Crippen LogP contribution in [0.15, 0.2) is 22.7 Å². The summed E-state index contributed by atoms with van der Waals surface area (Å²) in [6.45, 7) is 7.84. The van der Waals surface area contributed by atoms with E-state index in [1.165, 1.54) is 44.3 Å². The fraction of sp³-hybridized carbons (Fsp3) is 0.600. The Morgan fingerprint density at radius 3 is 2.28 bits per heavy atom. The van der Waals surface area contributed by atoms with Crippen molar-refractivity contribution >= 4 is 21.6 Å². The van der Waals surface area contributed by atoms with Gasteiger partial charge in [-0.15, -0.1) is 0 Å². The lowest BCUT2D eigenvalue weighted by molar-refractivity contribution is 0.256. The molecule has 0 saturated heterocycles. The lowest BCUT2D eigenvalue weighted by atomic mass is 10.1. The number of benzene rings is 1. The van der Waals surface area contributed by atoms with Gasteiger partial charge in [-0.05, 0) is 53.5 Å². The van der Waals surface area contributed by atoms with Crippen LogP contribution in [0.3, 0.4) is 0 Å². The van der Waals surface area contributed by atoms with Crippen molar-refractivity contribution in [3.05, 3.63) is 28.2 Å². The van der Waals surface area contributed by atoms with E-state index in [4.69, 9.17) is 5.73 Å². The molecule has 0 unspecified atom stereocenters. The van der Waals surface area contributed by atoms with E-state index in [1.807, 2.05) is 12.1 Å². The first-order chi connectivity index (χ1) is 8.69. The van der Waals surface area contributed by atoms with Crippen LogP contribution < -0.4 is 5.73 Å². The third kappa shape index (κ3) is 4.99. The van der Waals surface area contributed by atoms with Crippen molar-refractivity contribution < 1.29 is 0 Å². The molecule has 102 valence electrons. The van der Waals surface area contributed by atoms with Gasteiger partial charge < -0.3 is 5.73 Å². The maximum Gasteiger partial charge on any atom is 0.0461 e. The van der Waals surface area contributed by atoms with E-state index in [0.717, 1.165) is 16.7 Å². The van der Waals surface area contributed by atoms with Crippen LogP contribution in [0.5, 0.6) is 0 Å². The lowest BCUT2D eigenvalue weighted by Crippen LogP contribution is -2.25. The fourth-order valence-electron chi connectivity index (χ4n) is 2.00. The Hall–Kier alpha value is -0.540. The smallest absolute Gasteiger partial charge is 0.0461 e. The van der Waals surface area contributed by atoms with E-state index in [2.05, 4.69) is 40.7 Å². The van der Waals surface area contributed by atoms with Crippen LogP contribution in [-0.2, 0) is 6.54 Å². The predicted molar refractivity (Wildman–Crippen MR) is 83.6 cm³/mol. The van der Waals surface area contributed by atoms with Gasteiger partial charge in [-0.3, -0.25) is 4.90 Å². The Morgan fingerprint density at radius 1 is 1.11 bits per heavy atom. The first kappa shape index (κ1) is 15.5. The number of nitrogen functional groups attached to an aromatic ring is 1. The molecule has 0 aliphatic heterocycles. The summed E-state index contributed by atoms with van der Waals surface area (Å²) < 4.78 is 1.06. The molecule has 0 aliphatic carbocycles. The highest BCUT2D eigenvalue weighted by molar-refractivity contribution is 9.10. The summed E-state index contributed by atoms with van der Waals surface area (Å²) in [4.78, 5) is 2.53. The summed E-state index contributed by atoms with van der Waals surface area (Å²) in [5.74, 6) is 0. The molecule has 0 amide bonds. The Kier molecular flexibility index (Phi) is 7.36. The Balaban J connectivity index is 2.65. The molecule has 1 rings (SSSR count). The maximum atomic E-state index is 5.93. The molecule has 0 bridgehead atoms. The molecule has 0 aliphatic rings. The number of hydrogen-bond acceptors (Lipinski definition) is 2. The van der Waals surface area contributed by atoms with Gasteiger partial charge in [0.25, 0.3) is 0 Å². The number of rotatable bonds is 8. The summed E-state index contributed by atoms with van der Waals surface area (Å²) in [7, 11) is 0. The molecule has 3 heteroatoms. The van der Waals surface area contributed by atoms with Gasteiger partial charge in [0.05, 0.1) is 0 Å². The van der Waals surface area contributed by atoms with E-state index in [1.54, 1.807) is 0 Å². The van der Waals surface area contributed by atoms with Crippen molar-refractivity contribution in [1.82, 2.24) is 4.90 Å². The third-order valence-corrected chi connectivity index (χ3v) is 4.13.